The van der Waals surface area contributed by atoms with Gasteiger partial charge >= 0.3 is 0 Å². The standard InChI is InChI=1S/2C61H37N3O/c1-3-16-38(17-4-1)59-62-60(39-18-5-2-6-19-39)64-61(63-59)44-23-14-21-41(35-44)40-20-13-22-42(34-40)54-37-56-53-31-15-30-45(57(53)65-58(56)52-29-12-11-28-50(52)54)43-32-33-51-48-26-8-7-24-46(48)47-25-9-10-27-49(47)55(51)36-43;1-3-15-38(16-4-1)42-19-13-20-44(35-42)61-63-59(40-17-5-2-6-18-40)62-60(64-61)41-31-29-39(30-32-41)54-37-56-53-28-14-27-45(57(53)65-58(56)52-26-12-11-25-50(52)54)43-33-34-51-48-23-8-7-21-46(48)47-22-9-10-24-49(47)55(51)36-43/h2*1-37H. The summed E-state index contributed by atoms with van der Waals surface area (Å²) in [5.41, 5.74) is 22.5. The third-order valence-electron chi connectivity index (χ3n) is 25.8. The lowest BCUT2D eigenvalue weighted by molar-refractivity contribution is 0.673. The Morgan fingerprint density at radius 3 is 0.708 bits per heavy atom. The molecule has 604 valence electrons. The van der Waals surface area contributed by atoms with Crippen LogP contribution < -0.4 is 0 Å². The first-order valence-corrected chi connectivity index (χ1v) is 44.0. The molecule has 0 aliphatic rings. The summed E-state index contributed by atoms with van der Waals surface area (Å²) in [5, 5.41) is 23.9. The van der Waals surface area contributed by atoms with Crippen molar-refractivity contribution >= 4 is 130 Å². The fraction of sp³-hybridized carbons (Fsp3) is 0. The molecule has 130 heavy (non-hydrogen) atoms. The number of hydrogen-bond acceptors (Lipinski definition) is 8. The molecule has 26 aromatic rings. The zero-order chi connectivity index (χ0) is 85.7. The number of hydrogen-bond donors (Lipinski definition) is 0. The Labute approximate surface area is 747 Å². The molecule has 0 aliphatic heterocycles. The summed E-state index contributed by atoms with van der Waals surface area (Å²) in [4.78, 5) is 30.1. The van der Waals surface area contributed by atoms with Crippen LogP contribution >= 0.6 is 0 Å². The lowest BCUT2D eigenvalue weighted by Crippen LogP contribution is -2.00. The van der Waals surface area contributed by atoms with Crippen molar-refractivity contribution in [2.75, 3.05) is 0 Å². The van der Waals surface area contributed by atoms with Crippen LogP contribution in [0.5, 0.6) is 0 Å². The molecule has 0 bridgehead atoms. The highest BCUT2D eigenvalue weighted by Gasteiger charge is 2.24. The summed E-state index contributed by atoms with van der Waals surface area (Å²) in [5.74, 6) is 3.79. The molecule has 0 atom stereocenters. The van der Waals surface area contributed by atoms with E-state index in [1.807, 2.05) is 97.1 Å². The fourth-order valence-corrected chi connectivity index (χ4v) is 19.6. The molecular formula is C122H74N6O2. The zero-order valence-electron chi connectivity index (χ0n) is 70.2. The van der Waals surface area contributed by atoms with E-state index in [4.69, 9.17) is 38.7 Å². The van der Waals surface area contributed by atoms with Crippen LogP contribution in [0.1, 0.15) is 0 Å². The van der Waals surface area contributed by atoms with Gasteiger partial charge in [0, 0.05) is 76.8 Å². The molecule has 26 rings (SSSR count). The number of benzene rings is 22. The van der Waals surface area contributed by atoms with Crippen molar-refractivity contribution in [3.8, 4) is 135 Å². The van der Waals surface area contributed by atoms with Crippen LogP contribution in [0.15, 0.2) is 458 Å². The van der Waals surface area contributed by atoms with Gasteiger partial charge in [-0.2, -0.15) is 0 Å². The van der Waals surface area contributed by atoms with Gasteiger partial charge in [0.05, 0.1) is 0 Å². The average molecular weight is 1660 g/mol. The molecule has 0 aliphatic carbocycles. The number of fused-ring (bicyclic) bond motifs is 22. The van der Waals surface area contributed by atoms with E-state index >= 15 is 0 Å². The molecule has 0 spiro atoms. The Balaban J connectivity index is 0.000000140. The number of nitrogens with zero attached hydrogens (tertiary/aromatic N) is 6. The maximum absolute atomic E-state index is 7.02. The van der Waals surface area contributed by atoms with E-state index in [0.29, 0.717) is 34.9 Å². The highest BCUT2D eigenvalue weighted by Crippen LogP contribution is 2.49. The van der Waals surface area contributed by atoms with Gasteiger partial charge in [0.2, 0.25) is 0 Å². The van der Waals surface area contributed by atoms with Crippen molar-refractivity contribution in [1.82, 2.24) is 29.9 Å². The van der Waals surface area contributed by atoms with Crippen molar-refractivity contribution in [2.45, 2.75) is 0 Å². The second kappa shape index (κ2) is 31.3. The molecule has 0 fully saturated rings. The van der Waals surface area contributed by atoms with Gasteiger partial charge in [-0.1, -0.05) is 406 Å². The van der Waals surface area contributed by atoms with Gasteiger partial charge in [0.25, 0.3) is 0 Å². The molecular weight excluding hydrogens is 1580 g/mol. The number of furan rings is 2. The fourth-order valence-electron chi connectivity index (χ4n) is 19.6. The van der Waals surface area contributed by atoms with Crippen LogP contribution in [0.25, 0.3) is 265 Å². The van der Waals surface area contributed by atoms with Gasteiger partial charge in [0.15, 0.2) is 34.9 Å². The molecule has 0 amide bonds. The lowest BCUT2D eigenvalue weighted by atomic mass is 9.91. The van der Waals surface area contributed by atoms with Gasteiger partial charge in [-0.3, -0.25) is 0 Å². The van der Waals surface area contributed by atoms with Crippen molar-refractivity contribution in [1.29, 1.82) is 0 Å². The molecule has 0 saturated heterocycles. The predicted octanol–water partition coefficient (Wildman–Crippen LogP) is 32.8. The second-order valence-electron chi connectivity index (χ2n) is 33.4. The average Bonchev–Trinajstić information content (AvgIpc) is 1.52. The van der Waals surface area contributed by atoms with Gasteiger partial charge in [-0.25, -0.2) is 29.9 Å². The third kappa shape index (κ3) is 13.1. The van der Waals surface area contributed by atoms with E-state index in [1.165, 1.54) is 64.6 Å². The van der Waals surface area contributed by atoms with E-state index in [-0.39, 0.29) is 0 Å². The Bertz CT molecular complexity index is 8920. The highest BCUT2D eigenvalue weighted by atomic mass is 16.3. The normalized spacial score (nSPS) is 11.7. The predicted molar refractivity (Wildman–Crippen MR) is 539 cm³/mol. The third-order valence-corrected chi connectivity index (χ3v) is 25.8. The highest BCUT2D eigenvalue weighted by molar-refractivity contribution is 6.29. The van der Waals surface area contributed by atoms with Crippen LogP contribution in [0.3, 0.4) is 0 Å². The first-order chi connectivity index (χ1) is 64.4. The number of rotatable bonds is 12. The van der Waals surface area contributed by atoms with Crippen LogP contribution in [0.2, 0.25) is 0 Å². The second-order valence-corrected chi connectivity index (χ2v) is 33.4. The Kier molecular flexibility index (Phi) is 18.1. The van der Waals surface area contributed by atoms with E-state index in [0.717, 1.165) is 166 Å². The lowest BCUT2D eigenvalue weighted by Gasteiger charge is -2.12. The Hall–Kier alpha value is -17.5. The summed E-state index contributed by atoms with van der Waals surface area (Å²) in [6, 6.07) is 159. The maximum Gasteiger partial charge on any atom is 0.164 e. The number of para-hydroxylation sites is 2. The van der Waals surface area contributed by atoms with E-state index < -0.39 is 0 Å². The smallest absolute Gasteiger partial charge is 0.164 e. The van der Waals surface area contributed by atoms with Crippen molar-refractivity contribution in [3.63, 3.8) is 0 Å². The zero-order valence-corrected chi connectivity index (χ0v) is 70.2. The molecule has 8 nitrogen and oxygen atoms in total. The summed E-state index contributed by atoms with van der Waals surface area (Å²) in [6.07, 6.45) is 0. The summed E-state index contributed by atoms with van der Waals surface area (Å²) in [7, 11) is 0. The van der Waals surface area contributed by atoms with Crippen LogP contribution in [-0.2, 0) is 0 Å². The minimum Gasteiger partial charge on any atom is -0.455 e. The van der Waals surface area contributed by atoms with Crippen LogP contribution in [-0.4, -0.2) is 29.9 Å². The largest absolute Gasteiger partial charge is 0.455 e. The minimum absolute atomic E-state index is 0.620. The molecule has 0 radical (unpaired) electrons. The van der Waals surface area contributed by atoms with Gasteiger partial charge in [-0.15, -0.1) is 0 Å². The maximum atomic E-state index is 7.02. The molecule has 0 N–H and O–H groups in total. The molecule has 0 unspecified atom stereocenters. The molecule has 4 heterocycles. The topological polar surface area (TPSA) is 104 Å². The first kappa shape index (κ1) is 75.1. The Morgan fingerprint density at radius 2 is 0.331 bits per heavy atom. The first-order valence-electron chi connectivity index (χ1n) is 44.0. The minimum atomic E-state index is 0.620. The molecule has 22 aromatic carbocycles. The summed E-state index contributed by atoms with van der Waals surface area (Å²) < 4.78 is 14.0. The van der Waals surface area contributed by atoms with Crippen LogP contribution in [0, 0.1) is 0 Å². The van der Waals surface area contributed by atoms with Gasteiger partial charge in [-0.05, 0) is 174 Å². The van der Waals surface area contributed by atoms with Gasteiger partial charge in [0.1, 0.15) is 22.3 Å². The molecule has 8 heteroatoms. The summed E-state index contributed by atoms with van der Waals surface area (Å²) in [6.45, 7) is 0. The quantitative estimate of drug-likeness (QED) is 0.111. The van der Waals surface area contributed by atoms with Crippen molar-refractivity contribution in [2.24, 2.45) is 0 Å². The Morgan fingerprint density at radius 1 is 0.108 bits per heavy atom. The monoisotopic (exact) mass is 1650 g/mol. The van der Waals surface area contributed by atoms with E-state index in [2.05, 4.69) is 352 Å². The molecule has 0 saturated carbocycles. The van der Waals surface area contributed by atoms with Crippen molar-refractivity contribution in [3.05, 3.63) is 449 Å². The van der Waals surface area contributed by atoms with Crippen LogP contribution in [0.4, 0.5) is 0 Å². The summed E-state index contributed by atoms with van der Waals surface area (Å²) >= 11 is 0. The molecule has 4 aromatic heterocycles. The van der Waals surface area contributed by atoms with E-state index in [1.54, 1.807) is 0 Å². The van der Waals surface area contributed by atoms with Crippen molar-refractivity contribution < 1.29 is 8.83 Å². The van der Waals surface area contributed by atoms with Gasteiger partial charge < -0.3 is 8.83 Å². The van der Waals surface area contributed by atoms with E-state index in [9.17, 15) is 0 Å². The SMILES string of the molecule is c1ccc(-c2cccc(-c3nc(-c4ccccc4)nc(-c4ccc(-c5cc6c7cccc(-c8ccc9c%10ccccc%10c%10ccccc%10c9c8)c7oc6c6ccccc56)cc4)n3)c2)cc1.c1ccc(-c2nc(-c3ccccc3)nc(-c3cccc(-c4cccc(-c5cc6c7cccc(-c8ccc9c%10ccccc%10c%10ccccc%10c9c8)c7oc6c6ccccc56)c4)c3)n2)cc1. The number of aromatic nitrogens is 6.